The van der Waals surface area contributed by atoms with Gasteiger partial charge in [-0.15, -0.1) is 0 Å². The second-order valence-electron chi connectivity index (χ2n) is 10.0. The summed E-state index contributed by atoms with van der Waals surface area (Å²) in [5.41, 5.74) is 0.210. The first kappa shape index (κ1) is 22.8. The summed E-state index contributed by atoms with van der Waals surface area (Å²) in [5, 5.41) is 3.81. The van der Waals surface area contributed by atoms with Crippen molar-refractivity contribution in [3.05, 3.63) is 121 Å². The minimum atomic E-state index is -2.83. The third-order valence-electron chi connectivity index (χ3n) is 8.28. The molecule has 4 aromatic carbocycles. The minimum Gasteiger partial charge on any atom is -0.313 e. The van der Waals surface area contributed by atoms with Gasteiger partial charge in [0.25, 0.3) is 0 Å². The second-order valence-corrected chi connectivity index (χ2v) is 16.0. The molecule has 4 atom stereocenters. The molecule has 176 valence electrons. The van der Waals surface area contributed by atoms with Crippen LogP contribution in [-0.2, 0) is 9.13 Å². The highest BCUT2D eigenvalue weighted by Gasteiger charge is 2.57. The summed E-state index contributed by atoms with van der Waals surface area (Å²) in [7, 11) is -5.65. The summed E-state index contributed by atoms with van der Waals surface area (Å²) in [4.78, 5) is 0. The monoisotopic (exact) mass is 496 g/mol. The molecule has 4 aromatic rings. The van der Waals surface area contributed by atoms with Gasteiger partial charge in [-0.25, -0.2) is 0 Å². The van der Waals surface area contributed by atoms with Crippen LogP contribution in [0.4, 0.5) is 0 Å². The quantitative estimate of drug-likeness (QED) is 0.299. The summed E-state index contributed by atoms with van der Waals surface area (Å²) < 4.78 is 30.1. The molecular weight excluding hydrogens is 466 g/mol. The fourth-order valence-corrected chi connectivity index (χ4v) is 14.2. The first-order valence-corrected chi connectivity index (χ1v) is 16.1. The van der Waals surface area contributed by atoms with E-state index in [-0.39, 0.29) is 11.3 Å². The number of hydrogen-bond acceptors (Lipinski definition) is 2. The van der Waals surface area contributed by atoms with Crippen LogP contribution in [0.2, 0.25) is 0 Å². The van der Waals surface area contributed by atoms with E-state index in [1.807, 2.05) is 121 Å². The molecule has 0 aliphatic heterocycles. The van der Waals surface area contributed by atoms with Crippen molar-refractivity contribution in [2.45, 2.75) is 30.6 Å². The molecule has 0 heterocycles. The van der Waals surface area contributed by atoms with Gasteiger partial charge in [-0.3, -0.25) is 0 Å². The number of fused-ring (bicyclic) bond motifs is 2. The van der Waals surface area contributed by atoms with Crippen molar-refractivity contribution in [3.8, 4) is 0 Å². The summed E-state index contributed by atoms with van der Waals surface area (Å²) in [6.07, 6.45) is 2.77. The van der Waals surface area contributed by atoms with Gasteiger partial charge in [-0.1, -0.05) is 121 Å². The van der Waals surface area contributed by atoms with E-state index in [0.717, 1.165) is 40.5 Å². The Morgan fingerprint density at radius 2 is 0.657 bits per heavy atom. The standard InChI is InChI=1S/C31H30O2P2/c32-34(26-13-5-1-6-14-26,27-15-7-2-8-16-27)30-22-25-21-24(30)23-31(25)35(33,28-17-9-3-10-18-28)29-19-11-4-12-20-29/h1-20,24-25,30-31H,21-23H2/t24-,25-,30-,31-/m1/s1. The van der Waals surface area contributed by atoms with Gasteiger partial charge in [-0.05, 0) is 31.1 Å². The molecule has 6 rings (SSSR count). The second kappa shape index (κ2) is 9.09. The maximum absolute atomic E-state index is 15.0. The molecule has 2 aliphatic carbocycles. The molecule has 0 aromatic heterocycles. The number of hydrogen-bond donors (Lipinski definition) is 0. The maximum Gasteiger partial charge on any atom is 0.146 e. The molecule has 0 radical (unpaired) electrons. The van der Waals surface area contributed by atoms with Crippen LogP contribution in [0.25, 0.3) is 0 Å². The van der Waals surface area contributed by atoms with Crippen LogP contribution in [-0.4, -0.2) is 11.3 Å². The Balaban J connectivity index is 1.40. The van der Waals surface area contributed by atoms with Crippen LogP contribution in [0.3, 0.4) is 0 Å². The van der Waals surface area contributed by atoms with Crippen molar-refractivity contribution >= 4 is 35.5 Å². The average molecular weight is 497 g/mol. The first-order chi connectivity index (χ1) is 17.1. The summed E-state index contributed by atoms with van der Waals surface area (Å²) >= 11 is 0. The molecule has 0 amide bonds. The fraction of sp³-hybridized carbons (Fsp3) is 0.226. The lowest BCUT2D eigenvalue weighted by Gasteiger charge is -2.37. The molecule has 2 bridgehead atoms. The Morgan fingerprint density at radius 3 is 0.886 bits per heavy atom. The summed E-state index contributed by atoms with van der Waals surface area (Å²) in [5.74, 6) is 0.633. The van der Waals surface area contributed by atoms with E-state index in [1.54, 1.807) is 0 Å². The van der Waals surface area contributed by atoms with E-state index in [0.29, 0.717) is 11.8 Å². The highest BCUT2D eigenvalue weighted by molar-refractivity contribution is 7.80. The highest BCUT2D eigenvalue weighted by atomic mass is 31.2. The minimum absolute atomic E-state index is 0.105. The molecule has 2 aliphatic rings. The van der Waals surface area contributed by atoms with Crippen LogP contribution in [0.5, 0.6) is 0 Å². The van der Waals surface area contributed by atoms with Gasteiger partial charge in [0.2, 0.25) is 0 Å². The van der Waals surface area contributed by atoms with E-state index < -0.39 is 14.3 Å². The molecule has 0 spiro atoms. The third kappa shape index (κ3) is 3.70. The van der Waals surface area contributed by atoms with E-state index in [2.05, 4.69) is 0 Å². The Kier molecular flexibility index (Phi) is 5.92. The molecular formula is C31H30O2P2. The highest BCUT2D eigenvalue weighted by Crippen LogP contribution is 2.68. The van der Waals surface area contributed by atoms with Crippen LogP contribution < -0.4 is 21.2 Å². The molecule has 2 nitrogen and oxygen atoms in total. The first-order valence-electron chi connectivity index (χ1n) is 12.5. The summed E-state index contributed by atoms with van der Waals surface area (Å²) in [6, 6.07) is 40.3. The molecule has 2 fully saturated rings. The molecule has 35 heavy (non-hydrogen) atoms. The zero-order valence-corrected chi connectivity index (χ0v) is 21.5. The SMILES string of the molecule is O=P(c1ccccc1)(c1ccccc1)[C@@H]1C[C@H]2C[C@@H]1C[C@H]2P(=O)(c1ccccc1)c1ccccc1. The van der Waals surface area contributed by atoms with Gasteiger partial charge in [-0.2, -0.15) is 0 Å². The van der Waals surface area contributed by atoms with Crippen LogP contribution in [0.15, 0.2) is 121 Å². The number of rotatable bonds is 6. The Morgan fingerprint density at radius 1 is 0.400 bits per heavy atom. The average Bonchev–Trinajstić information content (AvgIpc) is 3.56. The molecule has 2 saturated carbocycles. The van der Waals surface area contributed by atoms with Crippen molar-refractivity contribution < 1.29 is 9.13 Å². The zero-order chi connectivity index (χ0) is 23.9. The maximum atomic E-state index is 15.0. The third-order valence-corrected chi connectivity index (χ3v) is 15.7. The zero-order valence-electron chi connectivity index (χ0n) is 19.7. The van der Waals surface area contributed by atoms with Gasteiger partial charge in [0.1, 0.15) is 14.3 Å². The lowest BCUT2D eigenvalue weighted by Crippen LogP contribution is -2.36. The molecule has 0 saturated heterocycles. The van der Waals surface area contributed by atoms with E-state index in [4.69, 9.17) is 0 Å². The lowest BCUT2D eigenvalue weighted by atomic mass is 9.99. The molecule has 4 heteroatoms. The Hall–Kier alpha value is -2.66. The van der Waals surface area contributed by atoms with Crippen molar-refractivity contribution in [1.29, 1.82) is 0 Å². The van der Waals surface area contributed by atoms with Gasteiger partial charge in [0, 0.05) is 32.5 Å². The van der Waals surface area contributed by atoms with Crippen molar-refractivity contribution in [2.24, 2.45) is 11.8 Å². The van der Waals surface area contributed by atoms with Crippen molar-refractivity contribution in [3.63, 3.8) is 0 Å². The van der Waals surface area contributed by atoms with Gasteiger partial charge >= 0.3 is 0 Å². The van der Waals surface area contributed by atoms with Crippen LogP contribution >= 0.6 is 14.3 Å². The van der Waals surface area contributed by atoms with Crippen molar-refractivity contribution in [2.75, 3.05) is 0 Å². The van der Waals surface area contributed by atoms with Gasteiger partial charge in [0.15, 0.2) is 0 Å². The smallest absolute Gasteiger partial charge is 0.146 e. The normalized spacial score (nSPS) is 23.9. The van der Waals surface area contributed by atoms with E-state index in [9.17, 15) is 0 Å². The van der Waals surface area contributed by atoms with Crippen molar-refractivity contribution in [1.82, 2.24) is 0 Å². The predicted octanol–water partition coefficient (Wildman–Crippen LogP) is 6.18. The molecule has 0 N–H and O–H groups in total. The van der Waals surface area contributed by atoms with Crippen LogP contribution in [0.1, 0.15) is 19.3 Å². The Bertz CT molecular complexity index is 1190. The molecule has 0 unspecified atom stereocenters. The van der Waals surface area contributed by atoms with E-state index >= 15 is 9.13 Å². The predicted molar refractivity (Wildman–Crippen MR) is 148 cm³/mol. The van der Waals surface area contributed by atoms with Gasteiger partial charge < -0.3 is 9.13 Å². The van der Waals surface area contributed by atoms with E-state index in [1.165, 1.54) is 0 Å². The number of benzene rings is 4. The van der Waals surface area contributed by atoms with Gasteiger partial charge in [0.05, 0.1) is 0 Å². The largest absolute Gasteiger partial charge is 0.313 e. The topological polar surface area (TPSA) is 34.1 Å². The van der Waals surface area contributed by atoms with Crippen LogP contribution in [0, 0.1) is 11.8 Å². The lowest BCUT2D eigenvalue weighted by molar-refractivity contribution is 0.463. The summed E-state index contributed by atoms with van der Waals surface area (Å²) in [6.45, 7) is 0. The fourth-order valence-electron chi connectivity index (χ4n) is 6.77. The Labute approximate surface area is 208 Å².